The molecule has 0 amide bonds. The minimum atomic E-state index is 0.472. The van der Waals surface area contributed by atoms with Crippen molar-refractivity contribution in [2.24, 2.45) is 11.8 Å². The first-order valence-electron chi connectivity index (χ1n) is 6.20. The van der Waals surface area contributed by atoms with Gasteiger partial charge in [0, 0.05) is 18.7 Å². The van der Waals surface area contributed by atoms with E-state index in [0.29, 0.717) is 6.10 Å². The van der Waals surface area contributed by atoms with Crippen LogP contribution in [0.4, 0.5) is 0 Å². The summed E-state index contributed by atoms with van der Waals surface area (Å²) < 4.78 is 5.56. The van der Waals surface area contributed by atoms with E-state index in [1.165, 1.54) is 32.1 Å². The third kappa shape index (κ3) is 1.96. The van der Waals surface area contributed by atoms with E-state index in [1.54, 1.807) is 0 Å². The number of hydrogen-bond donors (Lipinski definition) is 1. The van der Waals surface area contributed by atoms with Crippen molar-refractivity contribution >= 4 is 0 Å². The van der Waals surface area contributed by atoms with Crippen LogP contribution in [0, 0.1) is 11.8 Å². The molecule has 1 heterocycles. The summed E-state index contributed by atoms with van der Waals surface area (Å²) in [7, 11) is 0. The minimum Gasteiger partial charge on any atom is -0.378 e. The van der Waals surface area contributed by atoms with E-state index in [-0.39, 0.29) is 0 Å². The lowest BCUT2D eigenvalue weighted by molar-refractivity contribution is 0.0127. The molecular formula is C12H21NO. The first-order chi connectivity index (χ1) is 6.83. The van der Waals surface area contributed by atoms with Crippen molar-refractivity contribution in [2.45, 2.75) is 57.2 Å². The molecule has 0 bridgehead atoms. The fraction of sp³-hybridized carbons (Fsp3) is 1.00. The third-order valence-corrected chi connectivity index (χ3v) is 4.00. The molecule has 1 N–H and O–H groups in total. The Balaban J connectivity index is 1.43. The van der Waals surface area contributed by atoms with Crippen molar-refractivity contribution in [2.75, 3.05) is 6.61 Å². The maximum absolute atomic E-state index is 5.56. The molecule has 14 heavy (non-hydrogen) atoms. The zero-order valence-corrected chi connectivity index (χ0v) is 9.04. The molecule has 2 saturated carbocycles. The van der Waals surface area contributed by atoms with Crippen molar-refractivity contribution in [1.29, 1.82) is 0 Å². The molecule has 0 radical (unpaired) electrons. The van der Waals surface area contributed by atoms with Gasteiger partial charge >= 0.3 is 0 Å². The Morgan fingerprint density at radius 1 is 1.14 bits per heavy atom. The molecule has 3 aliphatic rings. The van der Waals surface area contributed by atoms with E-state index < -0.39 is 0 Å². The average molecular weight is 195 g/mol. The van der Waals surface area contributed by atoms with Crippen LogP contribution in [0.3, 0.4) is 0 Å². The second kappa shape index (κ2) is 3.49. The highest BCUT2D eigenvalue weighted by molar-refractivity contribution is 5.02. The van der Waals surface area contributed by atoms with Crippen LogP contribution in [0.5, 0.6) is 0 Å². The van der Waals surface area contributed by atoms with Gasteiger partial charge < -0.3 is 10.1 Å². The van der Waals surface area contributed by atoms with Gasteiger partial charge in [-0.25, -0.2) is 0 Å². The summed E-state index contributed by atoms with van der Waals surface area (Å²) >= 11 is 0. The van der Waals surface area contributed by atoms with Crippen molar-refractivity contribution < 1.29 is 4.74 Å². The molecule has 1 aliphatic heterocycles. The van der Waals surface area contributed by atoms with E-state index in [0.717, 1.165) is 30.5 Å². The standard InChI is InChI=1S/C12H21NO/c1-8-6-10(4-5-14-8)13-12-7-11(12)9-2-3-9/h8-13H,2-7H2,1H3. The van der Waals surface area contributed by atoms with Gasteiger partial charge in [-0.2, -0.15) is 0 Å². The second-order valence-corrected chi connectivity index (χ2v) is 5.41. The van der Waals surface area contributed by atoms with Crippen molar-refractivity contribution in [3.8, 4) is 0 Å². The van der Waals surface area contributed by atoms with Gasteiger partial charge in [-0.15, -0.1) is 0 Å². The van der Waals surface area contributed by atoms with Gasteiger partial charge in [0.05, 0.1) is 6.10 Å². The highest BCUT2D eigenvalue weighted by atomic mass is 16.5. The SMILES string of the molecule is CC1CC(NC2CC2C2CC2)CCO1. The summed E-state index contributed by atoms with van der Waals surface area (Å²) in [5.41, 5.74) is 0. The molecule has 1 saturated heterocycles. The zero-order chi connectivity index (χ0) is 9.54. The normalized spacial score (nSPS) is 47.8. The van der Waals surface area contributed by atoms with Gasteiger partial charge in [-0.1, -0.05) is 0 Å². The predicted molar refractivity (Wildman–Crippen MR) is 56.2 cm³/mol. The fourth-order valence-corrected chi connectivity index (χ4v) is 2.90. The maximum atomic E-state index is 5.56. The minimum absolute atomic E-state index is 0.472. The van der Waals surface area contributed by atoms with Crippen LogP contribution < -0.4 is 5.32 Å². The zero-order valence-electron chi connectivity index (χ0n) is 9.04. The monoisotopic (exact) mass is 195 g/mol. The van der Waals surface area contributed by atoms with E-state index in [9.17, 15) is 0 Å². The average Bonchev–Trinajstić information content (AvgIpc) is 2.96. The first-order valence-corrected chi connectivity index (χ1v) is 6.20. The molecule has 0 spiro atoms. The van der Waals surface area contributed by atoms with Gasteiger partial charge in [-0.05, 0) is 50.9 Å². The number of hydrogen-bond acceptors (Lipinski definition) is 2. The number of nitrogens with one attached hydrogen (secondary N) is 1. The van der Waals surface area contributed by atoms with Crippen LogP contribution in [0.25, 0.3) is 0 Å². The van der Waals surface area contributed by atoms with Crippen LogP contribution in [-0.2, 0) is 4.74 Å². The Hall–Kier alpha value is -0.0800. The molecule has 2 nitrogen and oxygen atoms in total. The highest BCUT2D eigenvalue weighted by Crippen LogP contribution is 2.50. The summed E-state index contributed by atoms with van der Waals surface area (Å²) in [6.07, 6.45) is 7.38. The highest BCUT2D eigenvalue weighted by Gasteiger charge is 2.47. The smallest absolute Gasteiger partial charge is 0.0561 e. The van der Waals surface area contributed by atoms with Crippen LogP contribution in [-0.4, -0.2) is 24.8 Å². The summed E-state index contributed by atoms with van der Waals surface area (Å²) in [5.74, 6) is 2.15. The summed E-state index contributed by atoms with van der Waals surface area (Å²) in [6.45, 7) is 3.15. The van der Waals surface area contributed by atoms with Crippen LogP contribution >= 0.6 is 0 Å². The molecule has 0 aromatic carbocycles. The molecule has 3 rings (SSSR count). The molecular weight excluding hydrogens is 174 g/mol. The van der Waals surface area contributed by atoms with Gasteiger partial charge in [0.25, 0.3) is 0 Å². The molecule has 0 aromatic heterocycles. The molecule has 80 valence electrons. The predicted octanol–water partition coefficient (Wildman–Crippen LogP) is 1.94. The van der Waals surface area contributed by atoms with Crippen LogP contribution in [0.15, 0.2) is 0 Å². The molecule has 0 aromatic rings. The first kappa shape index (κ1) is 9.17. The van der Waals surface area contributed by atoms with E-state index in [4.69, 9.17) is 4.74 Å². The Bertz CT molecular complexity index is 214. The lowest BCUT2D eigenvalue weighted by Gasteiger charge is -2.28. The quantitative estimate of drug-likeness (QED) is 0.743. The summed E-state index contributed by atoms with van der Waals surface area (Å²) in [5, 5.41) is 3.81. The Labute approximate surface area is 86.4 Å². The van der Waals surface area contributed by atoms with Crippen molar-refractivity contribution in [3.05, 3.63) is 0 Å². The Kier molecular flexibility index (Phi) is 2.29. The number of rotatable bonds is 3. The summed E-state index contributed by atoms with van der Waals surface area (Å²) in [6, 6.07) is 1.62. The lowest BCUT2D eigenvalue weighted by Crippen LogP contribution is -2.39. The van der Waals surface area contributed by atoms with Crippen LogP contribution in [0.2, 0.25) is 0 Å². The number of ether oxygens (including phenoxy) is 1. The van der Waals surface area contributed by atoms with Gasteiger partial charge in [0.15, 0.2) is 0 Å². The molecule has 2 aliphatic carbocycles. The van der Waals surface area contributed by atoms with E-state index in [1.807, 2.05) is 0 Å². The lowest BCUT2D eigenvalue weighted by atomic mass is 10.0. The van der Waals surface area contributed by atoms with Crippen molar-refractivity contribution in [1.82, 2.24) is 5.32 Å². The topological polar surface area (TPSA) is 21.3 Å². The van der Waals surface area contributed by atoms with Crippen molar-refractivity contribution in [3.63, 3.8) is 0 Å². The fourth-order valence-electron chi connectivity index (χ4n) is 2.90. The molecule has 3 fully saturated rings. The third-order valence-electron chi connectivity index (χ3n) is 4.00. The molecule has 2 heteroatoms. The summed E-state index contributed by atoms with van der Waals surface area (Å²) in [4.78, 5) is 0. The van der Waals surface area contributed by atoms with E-state index >= 15 is 0 Å². The van der Waals surface area contributed by atoms with Gasteiger partial charge in [-0.3, -0.25) is 0 Å². The largest absolute Gasteiger partial charge is 0.378 e. The molecule has 4 unspecified atom stereocenters. The van der Waals surface area contributed by atoms with E-state index in [2.05, 4.69) is 12.2 Å². The van der Waals surface area contributed by atoms with Gasteiger partial charge in [0.2, 0.25) is 0 Å². The van der Waals surface area contributed by atoms with Crippen LogP contribution in [0.1, 0.15) is 39.0 Å². The Morgan fingerprint density at radius 2 is 2.00 bits per heavy atom. The molecule has 4 atom stereocenters. The Morgan fingerprint density at radius 3 is 2.71 bits per heavy atom. The maximum Gasteiger partial charge on any atom is 0.0561 e. The van der Waals surface area contributed by atoms with Gasteiger partial charge in [0.1, 0.15) is 0 Å². The second-order valence-electron chi connectivity index (χ2n) is 5.41.